The zero-order chi connectivity index (χ0) is 13.9. The maximum atomic E-state index is 12.9. The highest BCUT2D eigenvalue weighted by Crippen LogP contribution is 2.23. The number of hydrogen-bond donors (Lipinski definition) is 1. The molecule has 1 aromatic carbocycles. The molecular formula is C14H21FN2O. The molecule has 1 rings (SSSR count). The van der Waals surface area contributed by atoms with Gasteiger partial charge in [-0.2, -0.15) is 0 Å². The van der Waals surface area contributed by atoms with Crippen molar-refractivity contribution in [1.82, 2.24) is 4.90 Å². The molecule has 0 spiro atoms. The normalized spacial score (nSPS) is 14.4. The fourth-order valence-electron chi connectivity index (χ4n) is 2.03. The fourth-order valence-corrected chi connectivity index (χ4v) is 2.03. The van der Waals surface area contributed by atoms with Crippen LogP contribution in [0.4, 0.5) is 4.39 Å². The van der Waals surface area contributed by atoms with Crippen molar-refractivity contribution >= 4 is 5.91 Å². The largest absolute Gasteiger partial charge is 0.332 e. The molecule has 0 aromatic heterocycles. The second-order valence-corrected chi connectivity index (χ2v) is 4.86. The summed E-state index contributed by atoms with van der Waals surface area (Å²) in [5, 5.41) is 0. The highest BCUT2D eigenvalue weighted by molar-refractivity contribution is 5.81. The Labute approximate surface area is 108 Å². The highest BCUT2D eigenvalue weighted by atomic mass is 19.1. The predicted molar refractivity (Wildman–Crippen MR) is 70.4 cm³/mol. The number of nitrogens with two attached hydrogens (primary N) is 1. The maximum absolute atomic E-state index is 12.9. The van der Waals surface area contributed by atoms with Gasteiger partial charge in [0.1, 0.15) is 5.82 Å². The quantitative estimate of drug-likeness (QED) is 0.894. The van der Waals surface area contributed by atoms with Gasteiger partial charge in [-0.1, -0.05) is 12.1 Å². The number of benzene rings is 1. The number of nitrogens with zero attached hydrogens (tertiary/aromatic N) is 1. The van der Waals surface area contributed by atoms with Gasteiger partial charge in [-0.3, -0.25) is 4.79 Å². The van der Waals surface area contributed by atoms with Gasteiger partial charge in [-0.25, -0.2) is 4.39 Å². The topological polar surface area (TPSA) is 46.3 Å². The third kappa shape index (κ3) is 3.29. The van der Waals surface area contributed by atoms with E-state index in [9.17, 15) is 9.18 Å². The van der Waals surface area contributed by atoms with Crippen LogP contribution in [-0.4, -0.2) is 22.9 Å². The van der Waals surface area contributed by atoms with Gasteiger partial charge in [-0.15, -0.1) is 0 Å². The molecule has 3 nitrogen and oxygen atoms in total. The molecule has 1 unspecified atom stereocenters. The number of amides is 1. The SMILES string of the molecule is CC(N)C(=O)N(C(C)C)[C@@H](C)c1ccc(F)cc1. The Bertz CT molecular complexity index is 401. The maximum Gasteiger partial charge on any atom is 0.239 e. The fraction of sp³-hybridized carbons (Fsp3) is 0.500. The molecule has 2 N–H and O–H groups in total. The lowest BCUT2D eigenvalue weighted by Gasteiger charge is -2.34. The van der Waals surface area contributed by atoms with E-state index in [1.54, 1.807) is 24.0 Å². The first-order valence-corrected chi connectivity index (χ1v) is 6.17. The lowest BCUT2D eigenvalue weighted by Crippen LogP contribution is -2.46. The van der Waals surface area contributed by atoms with Crippen molar-refractivity contribution in [2.75, 3.05) is 0 Å². The standard InChI is InChI=1S/C14H21FN2O/c1-9(2)17(14(18)10(3)16)11(4)12-5-7-13(15)8-6-12/h5-11H,16H2,1-4H3/t10?,11-/m0/s1. The third-order valence-electron chi connectivity index (χ3n) is 2.97. The molecule has 4 heteroatoms. The number of halogens is 1. The van der Waals surface area contributed by atoms with E-state index in [4.69, 9.17) is 5.73 Å². The third-order valence-corrected chi connectivity index (χ3v) is 2.97. The first kappa shape index (κ1) is 14.6. The Morgan fingerprint density at radius 1 is 1.17 bits per heavy atom. The summed E-state index contributed by atoms with van der Waals surface area (Å²) in [6, 6.07) is 5.60. The van der Waals surface area contributed by atoms with Crippen LogP contribution >= 0.6 is 0 Å². The lowest BCUT2D eigenvalue weighted by atomic mass is 10.0. The van der Waals surface area contributed by atoms with Gasteiger partial charge in [0, 0.05) is 6.04 Å². The minimum atomic E-state index is -0.532. The smallest absolute Gasteiger partial charge is 0.239 e. The molecule has 1 aromatic rings. The molecule has 0 heterocycles. The van der Waals surface area contributed by atoms with Gasteiger partial charge in [-0.05, 0) is 45.4 Å². The number of hydrogen-bond acceptors (Lipinski definition) is 2. The molecule has 2 atom stereocenters. The minimum absolute atomic E-state index is 0.0450. The Morgan fingerprint density at radius 3 is 2.06 bits per heavy atom. The predicted octanol–water partition coefficient (Wildman–Crippen LogP) is 2.47. The van der Waals surface area contributed by atoms with Crippen LogP contribution < -0.4 is 5.73 Å². The van der Waals surface area contributed by atoms with Crippen LogP contribution in [0.1, 0.15) is 39.3 Å². The summed E-state index contributed by atoms with van der Waals surface area (Å²) < 4.78 is 12.9. The van der Waals surface area contributed by atoms with E-state index in [-0.39, 0.29) is 23.8 Å². The van der Waals surface area contributed by atoms with Crippen molar-refractivity contribution in [3.8, 4) is 0 Å². The van der Waals surface area contributed by atoms with Crippen LogP contribution in [0.2, 0.25) is 0 Å². The average molecular weight is 252 g/mol. The van der Waals surface area contributed by atoms with Crippen LogP contribution in [0.15, 0.2) is 24.3 Å². The summed E-state index contributed by atoms with van der Waals surface area (Å²) in [4.78, 5) is 13.8. The summed E-state index contributed by atoms with van der Waals surface area (Å²) in [5.41, 5.74) is 6.57. The monoisotopic (exact) mass is 252 g/mol. The first-order valence-electron chi connectivity index (χ1n) is 6.17. The summed E-state index contributed by atoms with van der Waals surface area (Å²) in [6.45, 7) is 7.49. The minimum Gasteiger partial charge on any atom is -0.332 e. The molecule has 0 aliphatic rings. The van der Waals surface area contributed by atoms with Crippen LogP contribution in [-0.2, 0) is 4.79 Å². The van der Waals surface area contributed by atoms with Gasteiger partial charge in [0.25, 0.3) is 0 Å². The molecule has 0 saturated heterocycles. The van der Waals surface area contributed by atoms with E-state index in [2.05, 4.69) is 0 Å². The van der Waals surface area contributed by atoms with Gasteiger partial charge in [0.05, 0.1) is 12.1 Å². The van der Waals surface area contributed by atoms with Crippen molar-refractivity contribution < 1.29 is 9.18 Å². The first-order chi connectivity index (χ1) is 8.34. The van der Waals surface area contributed by atoms with E-state index in [0.29, 0.717) is 0 Å². The molecule has 0 bridgehead atoms. The van der Waals surface area contributed by atoms with Crippen LogP contribution in [0.3, 0.4) is 0 Å². The van der Waals surface area contributed by atoms with Crippen molar-refractivity contribution in [1.29, 1.82) is 0 Å². The molecule has 0 saturated carbocycles. The average Bonchev–Trinajstić information content (AvgIpc) is 2.29. The summed E-state index contributed by atoms with van der Waals surface area (Å²) in [7, 11) is 0. The molecule has 18 heavy (non-hydrogen) atoms. The van der Waals surface area contributed by atoms with Crippen molar-refractivity contribution in [3.05, 3.63) is 35.6 Å². The van der Waals surface area contributed by atoms with E-state index >= 15 is 0 Å². The molecule has 0 radical (unpaired) electrons. The second-order valence-electron chi connectivity index (χ2n) is 4.86. The van der Waals surface area contributed by atoms with Crippen molar-refractivity contribution in [2.45, 2.75) is 45.8 Å². The lowest BCUT2D eigenvalue weighted by molar-refractivity contribution is -0.136. The van der Waals surface area contributed by atoms with Gasteiger partial charge < -0.3 is 10.6 Å². The van der Waals surface area contributed by atoms with E-state index in [0.717, 1.165) is 5.56 Å². The van der Waals surface area contributed by atoms with Crippen LogP contribution in [0, 0.1) is 5.82 Å². The Balaban J connectivity index is 2.99. The molecule has 0 aliphatic heterocycles. The van der Waals surface area contributed by atoms with Gasteiger partial charge >= 0.3 is 0 Å². The van der Waals surface area contributed by atoms with Gasteiger partial charge in [0.2, 0.25) is 5.91 Å². The zero-order valence-corrected chi connectivity index (χ0v) is 11.4. The number of carbonyl (C=O) groups is 1. The second kappa shape index (κ2) is 5.96. The van der Waals surface area contributed by atoms with Crippen molar-refractivity contribution in [3.63, 3.8) is 0 Å². The molecule has 1 amide bonds. The van der Waals surface area contributed by atoms with Crippen LogP contribution in [0.25, 0.3) is 0 Å². The summed E-state index contributed by atoms with van der Waals surface area (Å²) >= 11 is 0. The number of carbonyl (C=O) groups excluding carboxylic acids is 1. The Morgan fingerprint density at radius 2 is 1.67 bits per heavy atom. The number of rotatable bonds is 4. The Hall–Kier alpha value is -1.42. The highest BCUT2D eigenvalue weighted by Gasteiger charge is 2.26. The van der Waals surface area contributed by atoms with E-state index in [1.807, 2.05) is 20.8 Å². The summed E-state index contributed by atoms with van der Waals surface area (Å²) in [6.07, 6.45) is 0. The molecule has 0 fully saturated rings. The van der Waals surface area contributed by atoms with Crippen LogP contribution in [0.5, 0.6) is 0 Å². The van der Waals surface area contributed by atoms with Gasteiger partial charge in [0.15, 0.2) is 0 Å². The van der Waals surface area contributed by atoms with E-state index < -0.39 is 6.04 Å². The molecular weight excluding hydrogens is 231 g/mol. The Kier molecular flexibility index (Phi) is 4.84. The molecule has 100 valence electrons. The molecule has 0 aliphatic carbocycles. The van der Waals surface area contributed by atoms with Crippen molar-refractivity contribution in [2.24, 2.45) is 5.73 Å². The summed E-state index contributed by atoms with van der Waals surface area (Å²) in [5.74, 6) is -0.373. The van der Waals surface area contributed by atoms with E-state index in [1.165, 1.54) is 12.1 Å². The zero-order valence-electron chi connectivity index (χ0n) is 11.4.